The molecule has 1 aliphatic carbocycles. The second kappa shape index (κ2) is 9.75. The van der Waals surface area contributed by atoms with E-state index in [0.29, 0.717) is 55.4 Å². The molecule has 1 saturated carbocycles. The summed E-state index contributed by atoms with van der Waals surface area (Å²) in [6.07, 6.45) is 6.18. The number of rotatable bonds is 8. The maximum Gasteiger partial charge on any atom is 0.348 e. The van der Waals surface area contributed by atoms with E-state index in [0.717, 1.165) is 42.2 Å². The van der Waals surface area contributed by atoms with Crippen molar-refractivity contribution in [3.8, 4) is 17.0 Å². The van der Waals surface area contributed by atoms with Crippen LogP contribution in [0.25, 0.3) is 33.1 Å². The normalized spacial score (nSPS) is 16.3. The molecule has 0 amide bonds. The number of imidazole rings is 1. The van der Waals surface area contributed by atoms with Crippen LogP contribution < -0.4 is 15.4 Å². The van der Waals surface area contributed by atoms with Crippen molar-refractivity contribution in [3.63, 3.8) is 0 Å². The summed E-state index contributed by atoms with van der Waals surface area (Å²) in [7, 11) is 4.05. The lowest BCUT2D eigenvalue weighted by atomic mass is 10.0. The summed E-state index contributed by atoms with van der Waals surface area (Å²) in [6, 6.07) is 7.00. The van der Waals surface area contributed by atoms with Crippen LogP contribution in [0.15, 0.2) is 41.5 Å². The number of aromatic nitrogens is 4. The van der Waals surface area contributed by atoms with Gasteiger partial charge in [-0.25, -0.2) is 18.8 Å². The minimum absolute atomic E-state index is 0.0722. The highest BCUT2D eigenvalue weighted by Gasteiger charge is 2.31. The van der Waals surface area contributed by atoms with Gasteiger partial charge in [0.1, 0.15) is 11.3 Å². The van der Waals surface area contributed by atoms with E-state index in [4.69, 9.17) is 9.47 Å². The van der Waals surface area contributed by atoms with E-state index in [1.807, 2.05) is 29.7 Å². The molecule has 37 heavy (non-hydrogen) atoms. The average Bonchev–Trinajstić information content (AvgIpc) is 3.69. The molecule has 10 heteroatoms. The Balaban J connectivity index is 1.42. The molecule has 0 unspecified atom stereocenters. The van der Waals surface area contributed by atoms with Crippen LogP contribution in [0.3, 0.4) is 0 Å². The van der Waals surface area contributed by atoms with E-state index in [9.17, 15) is 4.79 Å². The molecular weight excluding hydrogens is 475 g/mol. The van der Waals surface area contributed by atoms with Crippen molar-refractivity contribution in [2.24, 2.45) is 0 Å². The molecule has 1 aliphatic heterocycles. The van der Waals surface area contributed by atoms with Gasteiger partial charge in [0.05, 0.1) is 50.1 Å². The molecule has 4 heterocycles. The first kappa shape index (κ1) is 23.9. The topological polar surface area (TPSA) is 77.7 Å². The van der Waals surface area contributed by atoms with Crippen molar-refractivity contribution in [2.75, 3.05) is 58.6 Å². The molecule has 6 rings (SSSR count). The molecule has 9 nitrogen and oxygen atoms in total. The maximum absolute atomic E-state index is 15.3. The zero-order valence-electron chi connectivity index (χ0n) is 21.2. The number of morpholine rings is 1. The largest absolute Gasteiger partial charge is 0.478 e. The maximum atomic E-state index is 15.3. The summed E-state index contributed by atoms with van der Waals surface area (Å²) >= 11 is 0. The molecule has 0 spiro atoms. The van der Waals surface area contributed by atoms with E-state index in [-0.39, 0.29) is 17.5 Å². The molecule has 0 radical (unpaired) electrons. The van der Waals surface area contributed by atoms with Gasteiger partial charge in [-0.15, -0.1) is 0 Å². The summed E-state index contributed by atoms with van der Waals surface area (Å²) in [5.74, 6) is 0.123. The second-order valence-electron chi connectivity index (χ2n) is 9.99. The van der Waals surface area contributed by atoms with Crippen molar-refractivity contribution in [3.05, 3.63) is 53.0 Å². The Bertz CT molecular complexity index is 1490. The summed E-state index contributed by atoms with van der Waals surface area (Å²) < 4.78 is 30.2. The number of halogens is 1. The Hall–Kier alpha value is -3.50. The van der Waals surface area contributed by atoms with Crippen molar-refractivity contribution >= 4 is 21.9 Å². The fraction of sp³-hybridized carbons (Fsp3) is 0.444. The fourth-order valence-electron chi connectivity index (χ4n) is 4.99. The predicted octanol–water partition coefficient (Wildman–Crippen LogP) is 3.19. The molecule has 0 bridgehead atoms. The third-order valence-corrected chi connectivity index (χ3v) is 7.00. The third kappa shape index (κ3) is 4.55. The average molecular weight is 507 g/mol. The van der Waals surface area contributed by atoms with Gasteiger partial charge >= 0.3 is 5.69 Å². The number of pyridine rings is 2. The number of ether oxygens (including phenoxy) is 2. The van der Waals surface area contributed by atoms with Gasteiger partial charge in [-0.1, -0.05) is 0 Å². The van der Waals surface area contributed by atoms with Crippen LogP contribution in [-0.2, 0) is 4.74 Å². The minimum atomic E-state index is -0.386. The molecule has 1 saturated heterocycles. The lowest BCUT2D eigenvalue weighted by molar-refractivity contribution is 0.111. The molecule has 3 aromatic heterocycles. The van der Waals surface area contributed by atoms with Crippen molar-refractivity contribution < 1.29 is 13.9 Å². The van der Waals surface area contributed by atoms with Crippen molar-refractivity contribution in [2.45, 2.75) is 25.3 Å². The Morgan fingerprint density at radius 3 is 2.65 bits per heavy atom. The zero-order chi connectivity index (χ0) is 25.5. The summed E-state index contributed by atoms with van der Waals surface area (Å²) in [5, 5.41) is 2.76. The van der Waals surface area contributed by atoms with E-state index in [2.05, 4.69) is 14.9 Å². The SMILES string of the molecule is CN(C)CCCOc1ccc(-c2cc3c(cc2F)ncc2c3n(N3CCOCC3)c(=O)n2C2CC2)cn1. The van der Waals surface area contributed by atoms with Gasteiger partial charge < -0.3 is 19.4 Å². The quantitative estimate of drug-likeness (QED) is 0.340. The Kier molecular flexibility index (Phi) is 6.29. The van der Waals surface area contributed by atoms with E-state index in [1.54, 1.807) is 29.2 Å². The van der Waals surface area contributed by atoms with Gasteiger partial charge in [-0.2, -0.15) is 0 Å². The van der Waals surface area contributed by atoms with E-state index >= 15 is 4.39 Å². The van der Waals surface area contributed by atoms with Crippen LogP contribution in [0.5, 0.6) is 5.88 Å². The minimum Gasteiger partial charge on any atom is -0.478 e. The smallest absolute Gasteiger partial charge is 0.348 e. The van der Waals surface area contributed by atoms with Crippen LogP contribution >= 0.6 is 0 Å². The first-order valence-corrected chi connectivity index (χ1v) is 12.8. The van der Waals surface area contributed by atoms with Crippen LogP contribution in [0.4, 0.5) is 4.39 Å². The standard InChI is InChI=1S/C27H31FN6O3/c1-31(2)8-3-11-37-25-7-4-18(16-30-25)20-14-21-23(15-22(20)28)29-17-24-26(21)34(32-9-12-36-13-10-32)27(35)33(24)19-5-6-19/h4,7,14-17,19H,3,5-6,8-13H2,1-2H3. The van der Waals surface area contributed by atoms with Gasteiger partial charge in [-0.05, 0) is 45.5 Å². The predicted molar refractivity (Wildman–Crippen MR) is 140 cm³/mol. The van der Waals surface area contributed by atoms with E-state index < -0.39 is 0 Å². The lowest BCUT2D eigenvalue weighted by Gasteiger charge is -2.29. The van der Waals surface area contributed by atoms with Crippen LogP contribution in [-0.4, -0.2) is 77.7 Å². The second-order valence-corrected chi connectivity index (χ2v) is 9.99. The number of fused-ring (bicyclic) bond motifs is 3. The molecule has 194 valence electrons. The summed E-state index contributed by atoms with van der Waals surface area (Å²) in [5.41, 5.74) is 3.03. The Morgan fingerprint density at radius 2 is 1.95 bits per heavy atom. The van der Waals surface area contributed by atoms with Gasteiger partial charge in [0, 0.05) is 47.4 Å². The molecular formula is C27H31FN6O3. The highest BCUT2D eigenvalue weighted by molar-refractivity contribution is 6.04. The van der Waals surface area contributed by atoms with Crippen molar-refractivity contribution in [1.82, 2.24) is 24.1 Å². The first-order chi connectivity index (χ1) is 18.0. The molecule has 1 aromatic carbocycles. The fourth-order valence-corrected chi connectivity index (χ4v) is 4.99. The van der Waals surface area contributed by atoms with Crippen LogP contribution in [0.1, 0.15) is 25.3 Å². The molecule has 0 N–H and O–H groups in total. The van der Waals surface area contributed by atoms with Crippen LogP contribution in [0.2, 0.25) is 0 Å². The zero-order valence-corrected chi connectivity index (χ0v) is 21.2. The lowest BCUT2D eigenvalue weighted by Crippen LogP contribution is -2.48. The Morgan fingerprint density at radius 1 is 1.14 bits per heavy atom. The van der Waals surface area contributed by atoms with Gasteiger partial charge in [0.15, 0.2) is 0 Å². The summed E-state index contributed by atoms with van der Waals surface area (Å²) in [4.78, 5) is 24.7. The number of benzene rings is 1. The number of nitrogens with zero attached hydrogens (tertiary/aromatic N) is 6. The number of hydrogen-bond donors (Lipinski definition) is 0. The van der Waals surface area contributed by atoms with E-state index in [1.165, 1.54) is 6.07 Å². The van der Waals surface area contributed by atoms with Gasteiger partial charge in [0.2, 0.25) is 5.88 Å². The molecule has 0 atom stereocenters. The summed E-state index contributed by atoms with van der Waals surface area (Å²) in [6.45, 7) is 3.83. The molecule has 2 fully saturated rings. The number of hydrogen-bond acceptors (Lipinski definition) is 7. The molecule has 2 aliphatic rings. The van der Waals surface area contributed by atoms with Gasteiger partial charge in [0.25, 0.3) is 0 Å². The van der Waals surface area contributed by atoms with Crippen molar-refractivity contribution in [1.29, 1.82) is 0 Å². The van der Waals surface area contributed by atoms with Gasteiger partial charge in [-0.3, -0.25) is 9.55 Å². The monoisotopic (exact) mass is 506 g/mol. The highest BCUT2D eigenvalue weighted by Crippen LogP contribution is 2.38. The molecule has 4 aromatic rings. The van der Waals surface area contributed by atoms with Crippen LogP contribution in [0, 0.1) is 5.82 Å². The highest BCUT2D eigenvalue weighted by atomic mass is 19.1. The third-order valence-electron chi connectivity index (χ3n) is 7.00. The Labute approximate surface area is 214 Å². The first-order valence-electron chi connectivity index (χ1n) is 12.8.